The topological polar surface area (TPSA) is 82.5 Å². The summed E-state index contributed by atoms with van der Waals surface area (Å²) in [5.74, 6) is -0.324. The van der Waals surface area contributed by atoms with E-state index in [9.17, 15) is 4.79 Å². The molecule has 0 aromatic carbocycles. The molecule has 1 heterocycles. The molecule has 0 aliphatic rings. The molecule has 0 unspecified atom stereocenters. The maximum absolute atomic E-state index is 11.3. The van der Waals surface area contributed by atoms with Gasteiger partial charge < -0.3 is 15.5 Å². The third-order valence-electron chi connectivity index (χ3n) is 1.43. The van der Waals surface area contributed by atoms with Gasteiger partial charge in [0, 0.05) is 0 Å². The third-order valence-corrected chi connectivity index (χ3v) is 2.20. The van der Waals surface area contributed by atoms with Gasteiger partial charge in [-0.3, -0.25) is 9.78 Å². The highest BCUT2D eigenvalue weighted by Crippen LogP contribution is 2.04. The Hall–Kier alpha value is -0.980. The number of rotatable bonds is 4. The number of thiazole rings is 1. The summed E-state index contributed by atoms with van der Waals surface area (Å²) in [6.07, 6.45) is 1.44. The standard InChI is InChI=1S/C7H10N2O3S/c10-2-5(3-11)9-7(12)6-1-8-4-13-6/h1,4-5,10-11H,2-3H2,(H,9,12). The van der Waals surface area contributed by atoms with E-state index in [-0.39, 0.29) is 19.1 Å². The van der Waals surface area contributed by atoms with Crippen molar-refractivity contribution >= 4 is 17.2 Å². The Bertz CT molecular complexity index is 259. The summed E-state index contributed by atoms with van der Waals surface area (Å²) in [6, 6.07) is -0.602. The number of nitrogens with zero attached hydrogens (tertiary/aromatic N) is 1. The SMILES string of the molecule is O=C(NC(CO)CO)c1cncs1. The molecular formula is C7H10N2O3S. The number of hydrogen-bond donors (Lipinski definition) is 3. The number of nitrogens with one attached hydrogen (secondary N) is 1. The first-order valence-electron chi connectivity index (χ1n) is 3.69. The van der Waals surface area contributed by atoms with E-state index in [1.807, 2.05) is 0 Å². The van der Waals surface area contributed by atoms with Crippen LogP contribution in [0.4, 0.5) is 0 Å². The van der Waals surface area contributed by atoms with Gasteiger partial charge in [0.25, 0.3) is 5.91 Å². The highest BCUT2D eigenvalue weighted by Gasteiger charge is 2.12. The van der Waals surface area contributed by atoms with Gasteiger partial charge in [-0.05, 0) is 0 Å². The van der Waals surface area contributed by atoms with Crippen molar-refractivity contribution in [2.45, 2.75) is 6.04 Å². The number of amides is 1. The van der Waals surface area contributed by atoms with Crippen LogP contribution in [0.3, 0.4) is 0 Å². The largest absolute Gasteiger partial charge is 0.394 e. The molecule has 0 saturated carbocycles. The summed E-state index contributed by atoms with van der Waals surface area (Å²) in [6.45, 7) is -0.553. The first-order chi connectivity index (χ1) is 6.27. The lowest BCUT2D eigenvalue weighted by atomic mass is 10.3. The van der Waals surface area contributed by atoms with Crippen LogP contribution >= 0.6 is 11.3 Å². The van der Waals surface area contributed by atoms with Crippen molar-refractivity contribution in [3.63, 3.8) is 0 Å². The molecule has 1 rings (SSSR count). The number of aliphatic hydroxyl groups excluding tert-OH is 2. The average molecular weight is 202 g/mol. The highest BCUT2D eigenvalue weighted by atomic mass is 32.1. The van der Waals surface area contributed by atoms with Crippen LogP contribution in [0.15, 0.2) is 11.7 Å². The van der Waals surface area contributed by atoms with Gasteiger partial charge in [0.2, 0.25) is 0 Å². The summed E-state index contributed by atoms with van der Waals surface area (Å²) in [7, 11) is 0. The lowest BCUT2D eigenvalue weighted by molar-refractivity contribution is 0.0883. The zero-order valence-electron chi connectivity index (χ0n) is 6.80. The van der Waals surface area contributed by atoms with E-state index in [0.29, 0.717) is 4.88 Å². The van der Waals surface area contributed by atoms with Crippen molar-refractivity contribution in [1.29, 1.82) is 0 Å². The molecule has 0 radical (unpaired) electrons. The average Bonchev–Trinajstić information content (AvgIpc) is 2.66. The van der Waals surface area contributed by atoms with Gasteiger partial charge in [0.15, 0.2) is 0 Å². The first-order valence-corrected chi connectivity index (χ1v) is 4.57. The molecule has 0 spiro atoms. The lowest BCUT2D eigenvalue weighted by Crippen LogP contribution is -2.39. The minimum Gasteiger partial charge on any atom is -0.394 e. The van der Waals surface area contributed by atoms with E-state index in [2.05, 4.69) is 10.3 Å². The molecule has 0 atom stereocenters. The Kier molecular flexibility index (Phi) is 3.81. The van der Waals surface area contributed by atoms with Gasteiger partial charge in [0.05, 0.1) is 31.0 Å². The molecule has 5 nitrogen and oxygen atoms in total. The fourth-order valence-electron chi connectivity index (χ4n) is 0.733. The monoisotopic (exact) mass is 202 g/mol. The van der Waals surface area contributed by atoms with Crippen LogP contribution in [-0.2, 0) is 0 Å². The van der Waals surface area contributed by atoms with Crippen molar-refractivity contribution in [2.24, 2.45) is 0 Å². The predicted molar refractivity (Wildman–Crippen MR) is 47.5 cm³/mol. The zero-order valence-corrected chi connectivity index (χ0v) is 7.62. The summed E-state index contributed by atoms with van der Waals surface area (Å²) >= 11 is 1.21. The second-order valence-electron chi connectivity index (χ2n) is 2.40. The maximum atomic E-state index is 11.3. The second kappa shape index (κ2) is 4.90. The van der Waals surface area contributed by atoms with Crippen molar-refractivity contribution in [3.8, 4) is 0 Å². The predicted octanol–water partition coefficient (Wildman–Crippen LogP) is -0.774. The van der Waals surface area contributed by atoms with Crippen LogP contribution in [0.1, 0.15) is 9.67 Å². The third kappa shape index (κ3) is 2.76. The van der Waals surface area contributed by atoms with E-state index in [0.717, 1.165) is 0 Å². The smallest absolute Gasteiger partial charge is 0.263 e. The Morgan fingerprint density at radius 1 is 1.62 bits per heavy atom. The van der Waals surface area contributed by atoms with Gasteiger partial charge in [-0.1, -0.05) is 0 Å². The molecule has 6 heteroatoms. The van der Waals surface area contributed by atoms with Crippen LogP contribution in [0.25, 0.3) is 0 Å². The van der Waals surface area contributed by atoms with Gasteiger partial charge in [-0.2, -0.15) is 0 Å². The molecule has 1 aromatic rings. The maximum Gasteiger partial charge on any atom is 0.263 e. The molecule has 1 aromatic heterocycles. The lowest BCUT2D eigenvalue weighted by Gasteiger charge is -2.11. The molecule has 1 amide bonds. The molecule has 0 aliphatic heterocycles. The molecule has 13 heavy (non-hydrogen) atoms. The first kappa shape index (κ1) is 10.1. The fourth-order valence-corrected chi connectivity index (χ4v) is 1.26. The number of hydrogen-bond acceptors (Lipinski definition) is 5. The Morgan fingerprint density at radius 2 is 2.31 bits per heavy atom. The van der Waals surface area contributed by atoms with Crippen molar-refractivity contribution < 1.29 is 15.0 Å². The van der Waals surface area contributed by atoms with E-state index in [1.54, 1.807) is 5.51 Å². The Morgan fingerprint density at radius 3 is 2.77 bits per heavy atom. The van der Waals surface area contributed by atoms with Crippen LogP contribution in [0.2, 0.25) is 0 Å². The second-order valence-corrected chi connectivity index (χ2v) is 3.29. The van der Waals surface area contributed by atoms with Crippen molar-refractivity contribution in [2.75, 3.05) is 13.2 Å². The Balaban J connectivity index is 2.50. The minimum atomic E-state index is -0.602. The van der Waals surface area contributed by atoms with Gasteiger partial charge in [-0.25, -0.2) is 0 Å². The van der Waals surface area contributed by atoms with Crippen LogP contribution in [0, 0.1) is 0 Å². The molecule has 72 valence electrons. The summed E-state index contributed by atoms with van der Waals surface area (Å²) in [4.78, 5) is 15.5. The van der Waals surface area contributed by atoms with E-state index in [4.69, 9.17) is 10.2 Å². The number of aliphatic hydroxyl groups is 2. The fraction of sp³-hybridized carbons (Fsp3) is 0.429. The summed E-state index contributed by atoms with van der Waals surface area (Å²) in [5, 5.41) is 19.8. The highest BCUT2D eigenvalue weighted by molar-refractivity contribution is 7.11. The number of aromatic nitrogens is 1. The van der Waals surface area contributed by atoms with Crippen molar-refractivity contribution in [3.05, 3.63) is 16.6 Å². The van der Waals surface area contributed by atoms with E-state index < -0.39 is 6.04 Å². The molecule has 0 bridgehead atoms. The van der Waals surface area contributed by atoms with E-state index >= 15 is 0 Å². The molecule has 0 fully saturated rings. The van der Waals surface area contributed by atoms with Crippen LogP contribution < -0.4 is 5.32 Å². The molecule has 0 aliphatic carbocycles. The molecule has 3 N–H and O–H groups in total. The summed E-state index contributed by atoms with van der Waals surface area (Å²) < 4.78 is 0. The van der Waals surface area contributed by atoms with Gasteiger partial charge >= 0.3 is 0 Å². The number of carbonyl (C=O) groups is 1. The van der Waals surface area contributed by atoms with Crippen LogP contribution in [0.5, 0.6) is 0 Å². The minimum absolute atomic E-state index is 0.277. The van der Waals surface area contributed by atoms with Gasteiger partial charge in [0.1, 0.15) is 4.88 Å². The number of carbonyl (C=O) groups excluding carboxylic acids is 1. The van der Waals surface area contributed by atoms with Gasteiger partial charge in [-0.15, -0.1) is 11.3 Å². The normalized spacial score (nSPS) is 10.4. The van der Waals surface area contributed by atoms with Crippen LogP contribution in [-0.4, -0.2) is 40.4 Å². The van der Waals surface area contributed by atoms with Crippen molar-refractivity contribution in [1.82, 2.24) is 10.3 Å². The van der Waals surface area contributed by atoms with E-state index in [1.165, 1.54) is 17.5 Å². The molecular weight excluding hydrogens is 192 g/mol. The molecule has 0 saturated heterocycles. The quantitative estimate of drug-likeness (QED) is 0.598. The Labute approximate surface area is 79.1 Å². The summed E-state index contributed by atoms with van der Waals surface area (Å²) in [5.41, 5.74) is 1.54. The zero-order chi connectivity index (χ0) is 9.68.